The molecule has 30 rings (SSSR count). The highest BCUT2D eigenvalue weighted by molar-refractivity contribution is 7.27. The normalized spacial score (nSPS) is 12.0. The zero-order valence-electron chi connectivity index (χ0n) is 71.3. The first-order valence-electron chi connectivity index (χ1n) is 44.5. The molecule has 0 aliphatic carbocycles. The first-order chi connectivity index (χ1) is 66.7. The summed E-state index contributed by atoms with van der Waals surface area (Å²) in [5, 5.41) is 21.4. The SMILES string of the molecule is c1ccc2c(c1)oc1cc(-c3cc(-c4ccc5sc6ccccc6c5c4)nc(-c4ccc5c(c4)oc4ccccc45)n3)ccc12.c1ccc2c(c1)oc1cc(-c3nc(-c4ccc5c(c4)sc4ccccc45)cc(-c4ccc5sc6ccccc6c5c4)n3)ccc12.c1ccc2c(c1)oc1cc(-c3nc(-c4ccc5c(c4)sc4ccccc45)nc(-c4ccc5sc6ccccc6c5c4)n3)ccc12. The van der Waals surface area contributed by atoms with E-state index in [1.54, 1.807) is 11.3 Å². The van der Waals surface area contributed by atoms with E-state index in [1.165, 1.54) is 101 Å². The molecule has 12 aromatic heterocycles. The Labute approximate surface area is 787 Å². The third-order valence-corrected chi connectivity index (χ3v) is 31.7. The Morgan fingerprint density at radius 2 is 0.319 bits per heavy atom. The van der Waals surface area contributed by atoms with Crippen molar-refractivity contribution < 1.29 is 17.7 Å². The van der Waals surface area contributed by atoms with Crippen LogP contribution in [0, 0.1) is 0 Å². The molecule has 0 saturated heterocycles. The maximum absolute atomic E-state index is 6.25. The van der Waals surface area contributed by atoms with Crippen molar-refractivity contribution in [3.63, 3.8) is 0 Å². The lowest BCUT2D eigenvalue weighted by atomic mass is 10.0. The number of hydrogen-bond acceptors (Lipinski definition) is 16. The van der Waals surface area contributed by atoms with Crippen LogP contribution in [0.4, 0.5) is 0 Å². The average Bonchev–Trinajstić information content (AvgIpc) is 1.72. The van der Waals surface area contributed by atoms with Crippen molar-refractivity contribution in [2.24, 2.45) is 0 Å². The van der Waals surface area contributed by atoms with Crippen LogP contribution in [0.15, 0.2) is 412 Å². The van der Waals surface area contributed by atoms with Gasteiger partial charge in [-0.05, 0) is 170 Å². The van der Waals surface area contributed by atoms with E-state index in [4.69, 9.17) is 52.6 Å². The predicted octanol–water partition coefficient (Wildman–Crippen LogP) is 35.3. The first-order valence-corrected chi connectivity index (χ1v) is 48.6. The summed E-state index contributed by atoms with van der Waals surface area (Å²) in [6, 6.07) is 138. The van der Waals surface area contributed by atoms with Gasteiger partial charge in [-0.2, -0.15) is 0 Å². The Bertz CT molecular complexity index is 8880. The minimum absolute atomic E-state index is 0.615. The van der Waals surface area contributed by atoms with Crippen LogP contribution in [0.5, 0.6) is 0 Å². The van der Waals surface area contributed by atoms with Crippen molar-refractivity contribution in [1.82, 2.24) is 34.9 Å². The molecule has 18 aromatic carbocycles. The standard InChI is InChI=1S/C40H22N2O2S.C40H22N2OS2.C39H21N3OS2/c1-4-10-34-26(7-1)28-16-13-24(20-36(28)43-34)33-22-32(23-15-18-39-31(19-23)30-9-3-6-12-38(30)45-39)41-40(42-33)25-14-17-29-27-8-2-5-11-35(27)44-37(29)21-25;1-4-10-34-26(7-1)27-16-14-25(20-35(27)43-34)40-41-32(23-15-18-38-31(19-23)29-9-3-6-12-37(29)44-38)22-33(42-40)24-13-17-30-28-8-2-5-11-36(28)45-39(30)21-24;1-4-10-31-25(7-1)26-16-13-23(20-32(26)43-31)38-40-37(22-15-18-35-30(19-22)28-9-3-6-12-34(28)44-35)41-39(42-38)24-14-17-29-27-8-2-5-11-33(27)45-36(29)21-24/h2*1-22H;1-21H. The Morgan fingerprint density at radius 1 is 0.126 bits per heavy atom. The third-order valence-electron chi connectivity index (χ3n) is 26.0. The van der Waals surface area contributed by atoms with Gasteiger partial charge >= 0.3 is 0 Å². The third kappa shape index (κ3) is 13.3. The molecule has 16 heteroatoms. The summed E-state index contributed by atoms with van der Waals surface area (Å²) in [7, 11) is 0. The van der Waals surface area contributed by atoms with Gasteiger partial charge in [0.15, 0.2) is 29.1 Å². The summed E-state index contributed by atoms with van der Waals surface area (Å²) < 4.78 is 37.7. The Kier molecular flexibility index (Phi) is 17.8. The van der Waals surface area contributed by atoms with Gasteiger partial charge in [0.2, 0.25) is 0 Å². The van der Waals surface area contributed by atoms with E-state index >= 15 is 0 Å². The van der Waals surface area contributed by atoms with Crippen molar-refractivity contribution >= 4 is 245 Å². The number of hydrogen-bond donors (Lipinski definition) is 0. The van der Waals surface area contributed by atoms with Gasteiger partial charge < -0.3 is 17.7 Å². The number of fused-ring (bicyclic) bond motifs is 27. The molecule has 30 aromatic rings. The van der Waals surface area contributed by atoms with Gasteiger partial charge in [-0.15, -0.1) is 56.7 Å². The van der Waals surface area contributed by atoms with Gasteiger partial charge in [0.05, 0.1) is 22.8 Å². The molecule has 0 saturated carbocycles. The molecule has 0 atom stereocenters. The lowest BCUT2D eigenvalue weighted by Crippen LogP contribution is -2.00. The molecule has 0 N–H and O–H groups in total. The van der Waals surface area contributed by atoms with Gasteiger partial charge in [0, 0.05) is 194 Å². The molecular formula is C119H65N7O4S5. The van der Waals surface area contributed by atoms with Crippen LogP contribution in [0.2, 0.25) is 0 Å². The minimum atomic E-state index is 0.615. The Morgan fingerprint density at radius 3 is 0.659 bits per heavy atom. The summed E-state index contributed by atoms with van der Waals surface area (Å²) in [6.45, 7) is 0. The van der Waals surface area contributed by atoms with Gasteiger partial charge in [0.25, 0.3) is 0 Å². The quantitative estimate of drug-likeness (QED) is 0.136. The smallest absolute Gasteiger partial charge is 0.164 e. The van der Waals surface area contributed by atoms with Gasteiger partial charge in [-0.3, -0.25) is 0 Å². The number of aromatic nitrogens is 7. The maximum Gasteiger partial charge on any atom is 0.164 e. The number of furan rings is 4. The van der Waals surface area contributed by atoms with E-state index in [9.17, 15) is 0 Å². The van der Waals surface area contributed by atoms with Crippen LogP contribution >= 0.6 is 56.7 Å². The molecule has 630 valence electrons. The largest absolute Gasteiger partial charge is 0.456 e. The molecule has 12 heterocycles. The van der Waals surface area contributed by atoms with E-state index in [-0.39, 0.29) is 0 Å². The molecule has 0 amide bonds. The van der Waals surface area contributed by atoms with E-state index in [2.05, 4.69) is 315 Å². The molecule has 0 unspecified atom stereocenters. The van der Waals surface area contributed by atoms with Crippen molar-refractivity contribution in [1.29, 1.82) is 0 Å². The monoisotopic (exact) mass is 1820 g/mol. The van der Waals surface area contributed by atoms with E-state index < -0.39 is 0 Å². The molecule has 0 fully saturated rings. The fourth-order valence-electron chi connectivity index (χ4n) is 19.4. The van der Waals surface area contributed by atoms with Crippen LogP contribution in [0.25, 0.3) is 291 Å². The number of nitrogens with zero attached hydrogens (tertiary/aromatic N) is 7. The van der Waals surface area contributed by atoms with Crippen molar-refractivity contribution in [3.05, 3.63) is 394 Å². The fraction of sp³-hybridized carbons (Fsp3) is 0. The average molecular weight is 1820 g/mol. The molecule has 0 aliphatic heterocycles. The van der Waals surface area contributed by atoms with Crippen LogP contribution in [0.1, 0.15) is 0 Å². The number of para-hydroxylation sites is 4. The van der Waals surface area contributed by atoms with Crippen molar-refractivity contribution in [2.75, 3.05) is 0 Å². The summed E-state index contributed by atoms with van der Waals surface area (Å²) in [5.74, 6) is 3.23. The molecule has 0 spiro atoms. The first kappa shape index (κ1) is 77.2. The molecule has 135 heavy (non-hydrogen) atoms. The zero-order chi connectivity index (χ0) is 88.5. The lowest BCUT2D eigenvalue weighted by molar-refractivity contribution is 0.668. The van der Waals surface area contributed by atoms with E-state index in [0.29, 0.717) is 29.1 Å². The van der Waals surface area contributed by atoms with Crippen LogP contribution in [-0.4, -0.2) is 34.9 Å². The maximum atomic E-state index is 6.25. The number of benzene rings is 18. The lowest BCUT2D eigenvalue weighted by Gasteiger charge is -2.10. The van der Waals surface area contributed by atoms with Crippen LogP contribution in [0.3, 0.4) is 0 Å². The van der Waals surface area contributed by atoms with Gasteiger partial charge in [-0.25, -0.2) is 34.9 Å². The summed E-state index contributed by atoms with van der Waals surface area (Å²) in [5.41, 5.74) is 19.1. The molecule has 11 nitrogen and oxygen atoms in total. The van der Waals surface area contributed by atoms with E-state index in [1.807, 2.05) is 124 Å². The number of thiophene rings is 5. The Hall–Kier alpha value is -16.6. The summed E-state index contributed by atoms with van der Waals surface area (Å²) >= 11 is 9.07. The van der Waals surface area contributed by atoms with Crippen molar-refractivity contribution in [3.8, 4) is 102 Å². The molecule has 0 aliphatic rings. The summed E-state index contributed by atoms with van der Waals surface area (Å²) in [4.78, 5) is 35.9. The molecule has 0 bridgehead atoms. The molecule has 0 radical (unpaired) electrons. The van der Waals surface area contributed by atoms with Gasteiger partial charge in [0.1, 0.15) is 44.7 Å². The van der Waals surface area contributed by atoms with Gasteiger partial charge in [-0.1, -0.05) is 224 Å². The fourth-order valence-corrected chi connectivity index (χ4v) is 24.9. The second-order valence-corrected chi connectivity index (χ2v) is 39.4. The van der Waals surface area contributed by atoms with Crippen molar-refractivity contribution in [2.45, 2.75) is 0 Å². The topological polar surface area (TPSA) is 143 Å². The second kappa shape index (κ2) is 31.0. The predicted molar refractivity (Wildman–Crippen MR) is 566 cm³/mol. The summed E-state index contributed by atoms with van der Waals surface area (Å²) in [6.07, 6.45) is 0. The minimum Gasteiger partial charge on any atom is -0.456 e. The second-order valence-electron chi connectivity index (χ2n) is 34.0. The highest BCUT2D eigenvalue weighted by Gasteiger charge is 2.23. The molecular weight excluding hydrogens is 1750 g/mol. The van der Waals surface area contributed by atoms with Crippen LogP contribution in [-0.2, 0) is 0 Å². The zero-order valence-corrected chi connectivity index (χ0v) is 75.4. The Balaban J connectivity index is 0.000000101. The number of rotatable bonds is 9. The van der Waals surface area contributed by atoms with Crippen LogP contribution < -0.4 is 0 Å². The highest BCUT2D eigenvalue weighted by Crippen LogP contribution is 2.47. The highest BCUT2D eigenvalue weighted by atomic mass is 32.1. The van der Waals surface area contributed by atoms with E-state index in [0.717, 1.165) is 161 Å².